The third-order valence-corrected chi connectivity index (χ3v) is 10.7. The maximum Gasteiger partial charge on any atom is 0.116 e. The highest BCUT2D eigenvalue weighted by atomic mass is 15.0. The number of hydrogen-bond acceptors (Lipinski definition) is 2. The summed E-state index contributed by atoms with van der Waals surface area (Å²) in [6.45, 7) is 2.06. The van der Waals surface area contributed by atoms with Crippen molar-refractivity contribution in [3.05, 3.63) is 176 Å². The third-order valence-electron chi connectivity index (χ3n) is 10.7. The molecule has 0 fully saturated rings. The van der Waals surface area contributed by atoms with Gasteiger partial charge in [-0.05, 0) is 85.3 Å². The lowest BCUT2D eigenvalue weighted by atomic mass is 10.1. The Balaban J connectivity index is 1.19. The standard InChI is InChI=1S/C47H31N5/c1-30-28-48-29-49-47(30)31-18-20-32(21-19-31)50-45-24-22-33(51-41-14-6-2-10-35(41)36-11-3-7-15-42(36)51)26-39(45)40-27-34(23-25-46(40)50)52-43-16-8-4-12-37(43)38-13-5-9-17-44(38)52/h2-29H,1H3. The van der Waals surface area contributed by atoms with Crippen LogP contribution in [0.15, 0.2) is 170 Å². The first kappa shape index (κ1) is 28.8. The molecule has 5 nitrogen and oxygen atoms in total. The van der Waals surface area contributed by atoms with Gasteiger partial charge in [0.25, 0.3) is 0 Å². The molecule has 0 aliphatic heterocycles. The van der Waals surface area contributed by atoms with Gasteiger partial charge in [-0.2, -0.15) is 0 Å². The Morgan fingerprint density at radius 1 is 0.385 bits per heavy atom. The minimum absolute atomic E-state index is 0.954. The van der Waals surface area contributed by atoms with Gasteiger partial charge in [-0.15, -0.1) is 0 Å². The van der Waals surface area contributed by atoms with Crippen LogP contribution in [-0.4, -0.2) is 23.7 Å². The molecule has 0 atom stereocenters. The van der Waals surface area contributed by atoms with E-state index >= 15 is 0 Å². The molecule has 0 saturated carbocycles. The van der Waals surface area contributed by atoms with Gasteiger partial charge in [0.1, 0.15) is 6.33 Å². The van der Waals surface area contributed by atoms with Crippen LogP contribution in [0.2, 0.25) is 0 Å². The molecule has 52 heavy (non-hydrogen) atoms. The van der Waals surface area contributed by atoms with Gasteiger partial charge >= 0.3 is 0 Å². The third kappa shape index (κ3) is 4.11. The topological polar surface area (TPSA) is 40.6 Å². The van der Waals surface area contributed by atoms with Crippen molar-refractivity contribution in [3.63, 3.8) is 0 Å². The number of hydrogen-bond donors (Lipinski definition) is 0. The fraction of sp³-hybridized carbons (Fsp3) is 0.0213. The molecule has 0 unspecified atom stereocenters. The Bertz CT molecular complexity index is 2920. The van der Waals surface area contributed by atoms with E-state index in [1.807, 2.05) is 6.20 Å². The van der Waals surface area contributed by atoms with E-state index in [0.717, 1.165) is 44.9 Å². The van der Waals surface area contributed by atoms with Crippen molar-refractivity contribution in [2.45, 2.75) is 6.92 Å². The van der Waals surface area contributed by atoms with Gasteiger partial charge in [-0.3, -0.25) is 0 Å². The summed E-state index contributed by atoms with van der Waals surface area (Å²) in [5.74, 6) is 0. The van der Waals surface area contributed by atoms with E-state index in [1.54, 1.807) is 6.33 Å². The van der Waals surface area contributed by atoms with Gasteiger partial charge in [0.15, 0.2) is 0 Å². The zero-order valence-corrected chi connectivity index (χ0v) is 28.4. The number of nitrogens with zero attached hydrogens (tertiary/aromatic N) is 5. The highest BCUT2D eigenvalue weighted by Gasteiger charge is 2.19. The van der Waals surface area contributed by atoms with Crippen LogP contribution >= 0.6 is 0 Å². The van der Waals surface area contributed by atoms with Crippen molar-refractivity contribution >= 4 is 65.4 Å². The number of para-hydroxylation sites is 4. The van der Waals surface area contributed by atoms with E-state index in [4.69, 9.17) is 0 Å². The SMILES string of the molecule is Cc1cncnc1-c1ccc(-n2c3ccc(-n4c5ccccc5c5ccccc54)cc3c3cc(-n4c5ccccc5c5ccccc54)ccc32)cc1. The van der Waals surface area contributed by atoms with Gasteiger partial charge in [0.2, 0.25) is 0 Å². The average molecular weight is 666 g/mol. The van der Waals surface area contributed by atoms with Crippen molar-refractivity contribution in [3.8, 4) is 28.3 Å². The van der Waals surface area contributed by atoms with Crippen LogP contribution in [0.25, 0.3) is 93.7 Å². The second-order valence-electron chi connectivity index (χ2n) is 13.6. The Labute approximate surface area is 299 Å². The quantitative estimate of drug-likeness (QED) is 0.188. The molecule has 0 radical (unpaired) electrons. The van der Waals surface area contributed by atoms with Gasteiger partial charge in [0, 0.05) is 61.1 Å². The molecule has 0 aliphatic rings. The lowest BCUT2D eigenvalue weighted by Gasteiger charge is -2.11. The molecule has 4 heterocycles. The number of aromatic nitrogens is 5. The minimum Gasteiger partial charge on any atom is -0.309 e. The maximum absolute atomic E-state index is 4.57. The molecule has 11 aromatic rings. The molecule has 0 aliphatic carbocycles. The van der Waals surface area contributed by atoms with Crippen LogP contribution < -0.4 is 0 Å². The van der Waals surface area contributed by atoms with Crippen molar-refractivity contribution < 1.29 is 0 Å². The minimum atomic E-state index is 0.954. The zero-order chi connectivity index (χ0) is 34.3. The molecule has 0 bridgehead atoms. The number of fused-ring (bicyclic) bond motifs is 9. The molecule has 0 N–H and O–H groups in total. The van der Waals surface area contributed by atoms with Gasteiger partial charge < -0.3 is 13.7 Å². The zero-order valence-electron chi connectivity index (χ0n) is 28.4. The summed E-state index contributed by atoms with van der Waals surface area (Å²) in [7, 11) is 0. The monoisotopic (exact) mass is 665 g/mol. The molecule has 0 saturated heterocycles. The Hall–Kier alpha value is -6.98. The van der Waals surface area contributed by atoms with Crippen molar-refractivity contribution in [1.82, 2.24) is 23.7 Å². The van der Waals surface area contributed by atoms with Crippen molar-refractivity contribution in [2.24, 2.45) is 0 Å². The molecule has 5 heteroatoms. The van der Waals surface area contributed by atoms with Gasteiger partial charge in [-0.25, -0.2) is 9.97 Å². The van der Waals surface area contributed by atoms with E-state index in [9.17, 15) is 0 Å². The highest BCUT2D eigenvalue weighted by Crippen LogP contribution is 2.39. The second kappa shape index (κ2) is 11.0. The number of aryl methyl sites for hydroxylation is 1. The first-order chi connectivity index (χ1) is 25.7. The molecule has 0 amide bonds. The van der Waals surface area contributed by atoms with Crippen LogP contribution in [0.3, 0.4) is 0 Å². The summed E-state index contributed by atoms with van der Waals surface area (Å²) in [4.78, 5) is 8.77. The smallest absolute Gasteiger partial charge is 0.116 e. The Morgan fingerprint density at radius 3 is 1.21 bits per heavy atom. The summed E-state index contributed by atoms with van der Waals surface area (Å²) >= 11 is 0. The largest absolute Gasteiger partial charge is 0.309 e. The van der Waals surface area contributed by atoms with Crippen LogP contribution in [0.5, 0.6) is 0 Å². The summed E-state index contributed by atoms with van der Waals surface area (Å²) in [6, 6.07) is 57.5. The Kier molecular flexibility index (Phi) is 6.10. The highest BCUT2D eigenvalue weighted by molar-refractivity contribution is 6.14. The van der Waals surface area contributed by atoms with E-state index in [0.29, 0.717) is 0 Å². The van der Waals surface area contributed by atoms with Gasteiger partial charge in [-0.1, -0.05) is 84.9 Å². The molecule has 4 aromatic heterocycles. The van der Waals surface area contributed by atoms with Crippen LogP contribution in [0.4, 0.5) is 0 Å². The first-order valence-corrected chi connectivity index (χ1v) is 17.7. The predicted octanol–water partition coefficient (Wildman–Crippen LogP) is 11.7. The van der Waals surface area contributed by atoms with E-state index in [2.05, 4.69) is 188 Å². The number of rotatable bonds is 4. The summed E-state index contributed by atoms with van der Waals surface area (Å²) in [5, 5.41) is 7.43. The maximum atomic E-state index is 4.57. The lowest BCUT2D eigenvalue weighted by molar-refractivity contribution is 1.13. The lowest BCUT2D eigenvalue weighted by Crippen LogP contribution is -1.97. The molecule has 244 valence electrons. The first-order valence-electron chi connectivity index (χ1n) is 17.7. The normalized spacial score (nSPS) is 11.9. The molecular weight excluding hydrogens is 635 g/mol. The summed E-state index contributed by atoms with van der Waals surface area (Å²) in [6.07, 6.45) is 3.49. The molecule has 7 aromatic carbocycles. The van der Waals surface area contributed by atoms with Gasteiger partial charge in [0.05, 0.1) is 38.8 Å². The molecule has 11 rings (SSSR count). The van der Waals surface area contributed by atoms with E-state index in [1.165, 1.54) is 54.4 Å². The van der Waals surface area contributed by atoms with Crippen molar-refractivity contribution in [1.29, 1.82) is 0 Å². The number of benzene rings is 7. The van der Waals surface area contributed by atoms with E-state index < -0.39 is 0 Å². The van der Waals surface area contributed by atoms with Crippen LogP contribution in [0.1, 0.15) is 5.56 Å². The second-order valence-corrected chi connectivity index (χ2v) is 13.6. The van der Waals surface area contributed by atoms with Crippen LogP contribution in [0, 0.1) is 6.92 Å². The average Bonchev–Trinajstić information content (AvgIpc) is 3.83. The van der Waals surface area contributed by atoms with E-state index in [-0.39, 0.29) is 0 Å². The van der Waals surface area contributed by atoms with Crippen molar-refractivity contribution in [2.75, 3.05) is 0 Å². The summed E-state index contributed by atoms with van der Waals surface area (Å²) < 4.78 is 7.21. The van der Waals surface area contributed by atoms with Crippen LogP contribution in [-0.2, 0) is 0 Å². The Morgan fingerprint density at radius 2 is 0.769 bits per heavy atom. The molecule has 0 spiro atoms. The predicted molar refractivity (Wildman–Crippen MR) is 215 cm³/mol. The molecular formula is C47H31N5. The summed E-state index contributed by atoms with van der Waals surface area (Å²) in [5.41, 5.74) is 13.6. The fourth-order valence-electron chi connectivity index (χ4n) is 8.43. The fourth-order valence-corrected chi connectivity index (χ4v) is 8.43.